The van der Waals surface area contributed by atoms with Gasteiger partial charge in [-0.15, -0.1) is 0 Å². The van der Waals surface area contributed by atoms with Crippen LogP contribution in [-0.2, 0) is 0 Å². The van der Waals surface area contributed by atoms with E-state index >= 15 is 0 Å². The lowest BCUT2D eigenvalue weighted by Gasteiger charge is -2.08. The molecule has 0 aliphatic rings. The van der Waals surface area contributed by atoms with E-state index in [0.717, 1.165) is 11.1 Å². The highest BCUT2D eigenvalue weighted by atomic mass is 35.5. The minimum Gasteiger partial charge on any atom is -0.478 e. The molecule has 1 N–H and O–H groups in total. The first-order valence-corrected chi connectivity index (χ1v) is 7.56. The average Bonchev–Trinajstić information content (AvgIpc) is 2.55. The number of hydrogen-bond donors (Lipinski definition) is 1. The lowest BCUT2D eigenvalue weighted by Crippen LogP contribution is -1.99. The van der Waals surface area contributed by atoms with E-state index in [4.69, 9.17) is 23.2 Å². The van der Waals surface area contributed by atoms with Crippen molar-refractivity contribution in [1.29, 1.82) is 0 Å². The summed E-state index contributed by atoms with van der Waals surface area (Å²) in [7, 11) is 0. The van der Waals surface area contributed by atoms with Crippen LogP contribution in [0.2, 0.25) is 10.0 Å². The number of nitrogens with zero attached hydrogens (tertiary/aromatic N) is 1. The quantitative estimate of drug-likeness (QED) is 0.690. The standard InChI is InChI=1S/C18H11Cl2NO2/c19-14-5-1-11(2-6-14)16-9-13(18(22)23)10-17(21-16)12-3-7-15(20)8-4-12/h1-10H,(H,22,23). The van der Waals surface area contributed by atoms with Crippen molar-refractivity contribution in [2.75, 3.05) is 0 Å². The minimum absolute atomic E-state index is 0.176. The lowest BCUT2D eigenvalue weighted by molar-refractivity contribution is 0.0697. The van der Waals surface area contributed by atoms with E-state index in [9.17, 15) is 9.90 Å². The fourth-order valence-electron chi connectivity index (χ4n) is 2.19. The topological polar surface area (TPSA) is 50.2 Å². The second kappa shape index (κ2) is 6.41. The second-order valence-electron chi connectivity index (χ2n) is 4.95. The predicted molar refractivity (Wildman–Crippen MR) is 92.1 cm³/mol. The van der Waals surface area contributed by atoms with Crippen molar-refractivity contribution < 1.29 is 9.90 Å². The van der Waals surface area contributed by atoms with E-state index in [0.29, 0.717) is 21.4 Å². The summed E-state index contributed by atoms with van der Waals surface area (Å²) in [6.45, 7) is 0. The molecule has 23 heavy (non-hydrogen) atoms. The number of benzene rings is 2. The number of carbonyl (C=O) groups is 1. The zero-order valence-electron chi connectivity index (χ0n) is 11.8. The van der Waals surface area contributed by atoms with E-state index in [-0.39, 0.29) is 5.56 Å². The van der Waals surface area contributed by atoms with E-state index in [1.54, 1.807) is 36.4 Å². The number of aromatic carboxylic acids is 1. The summed E-state index contributed by atoms with van der Waals surface area (Å²) in [5, 5.41) is 10.6. The van der Waals surface area contributed by atoms with Crippen LogP contribution in [0.3, 0.4) is 0 Å². The highest BCUT2D eigenvalue weighted by molar-refractivity contribution is 6.30. The van der Waals surface area contributed by atoms with Crippen molar-refractivity contribution in [3.8, 4) is 22.5 Å². The molecule has 3 rings (SSSR count). The Kier molecular flexibility index (Phi) is 4.33. The highest BCUT2D eigenvalue weighted by Gasteiger charge is 2.11. The molecule has 2 aromatic carbocycles. The van der Waals surface area contributed by atoms with Gasteiger partial charge in [0.25, 0.3) is 0 Å². The number of aromatic nitrogens is 1. The van der Waals surface area contributed by atoms with Crippen LogP contribution in [-0.4, -0.2) is 16.1 Å². The smallest absolute Gasteiger partial charge is 0.335 e. The molecule has 0 unspecified atom stereocenters. The Morgan fingerprint density at radius 3 is 1.52 bits per heavy atom. The van der Waals surface area contributed by atoms with Crippen LogP contribution in [0.5, 0.6) is 0 Å². The first-order chi connectivity index (χ1) is 11.0. The van der Waals surface area contributed by atoms with Crippen molar-refractivity contribution in [2.24, 2.45) is 0 Å². The number of hydrogen-bond acceptors (Lipinski definition) is 2. The van der Waals surface area contributed by atoms with Crippen LogP contribution < -0.4 is 0 Å². The van der Waals surface area contributed by atoms with Crippen LogP contribution in [0.4, 0.5) is 0 Å². The van der Waals surface area contributed by atoms with Gasteiger partial charge >= 0.3 is 5.97 Å². The Hall–Kier alpha value is -2.36. The maximum Gasteiger partial charge on any atom is 0.335 e. The molecule has 114 valence electrons. The molecule has 1 heterocycles. The normalized spacial score (nSPS) is 10.5. The molecule has 0 atom stereocenters. The number of halogens is 2. The zero-order chi connectivity index (χ0) is 16.4. The summed E-state index contributed by atoms with van der Waals surface area (Å²) < 4.78 is 0. The molecule has 0 radical (unpaired) electrons. The molecule has 1 aromatic heterocycles. The monoisotopic (exact) mass is 343 g/mol. The summed E-state index contributed by atoms with van der Waals surface area (Å²) in [5.74, 6) is -1.00. The molecule has 3 nitrogen and oxygen atoms in total. The van der Waals surface area contributed by atoms with Gasteiger partial charge in [0.15, 0.2) is 0 Å². The molecule has 0 aliphatic heterocycles. The summed E-state index contributed by atoms with van der Waals surface area (Å²) in [4.78, 5) is 16.0. The minimum atomic E-state index is -1.00. The van der Waals surface area contributed by atoms with Gasteiger partial charge in [0.05, 0.1) is 17.0 Å². The highest BCUT2D eigenvalue weighted by Crippen LogP contribution is 2.26. The Morgan fingerprint density at radius 1 is 0.783 bits per heavy atom. The molecule has 5 heteroatoms. The third kappa shape index (κ3) is 3.52. The predicted octanol–water partition coefficient (Wildman–Crippen LogP) is 5.42. The Labute approximate surface area is 143 Å². The molecular formula is C18H11Cl2NO2. The summed E-state index contributed by atoms with van der Waals surface area (Å²) in [5.41, 5.74) is 2.92. The Bertz CT molecular complexity index is 795. The fraction of sp³-hybridized carbons (Fsp3) is 0. The van der Waals surface area contributed by atoms with Gasteiger partial charge in [-0.3, -0.25) is 0 Å². The van der Waals surface area contributed by atoms with Crippen LogP contribution in [0.25, 0.3) is 22.5 Å². The zero-order valence-corrected chi connectivity index (χ0v) is 13.3. The summed E-state index contributed by atoms with van der Waals surface area (Å²) in [6, 6.07) is 17.3. The van der Waals surface area contributed by atoms with Gasteiger partial charge in [-0.1, -0.05) is 47.5 Å². The van der Waals surface area contributed by atoms with Crippen molar-refractivity contribution in [1.82, 2.24) is 4.98 Å². The summed E-state index contributed by atoms with van der Waals surface area (Å²) >= 11 is 11.8. The van der Waals surface area contributed by atoms with Crippen molar-refractivity contribution >= 4 is 29.2 Å². The number of rotatable bonds is 3. The maximum absolute atomic E-state index is 11.4. The third-order valence-electron chi connectivity index (χ3n) is 3.35. The first-order valence-electron chi connectivity index (χ1n) is 6.80. The molecular weight excluding hydrogens is 333 g/mol. The Morgan fingerprint density at radius 2 is 1.17 bits per heavy atom. The molecule has 0 saturated heterocycles. The molecule has 3 aromatic rings. The third-order valence-corrected chi connectivity index (χ3v) is 3.86. The largest absolute Gasteiger partial charge is 0.478 e. The maximum atomic E-state index is 11.4. The van der Waals surface area contributed by atoms with Crippen molar-refractivity contribution in [3.05, 3.63) is 76.3 Å². The van der Waals surface area contributed by atoms with E-state index < -0.39 is 5.97 Å². The van der Waals surface area contributed by atoms with Crippen LogP contribution >= 0.6 is 23.2 Å². The number of carboxylic acids is 1. The molecule has 0 spiro atoms. The number of carboxylic acid groups (broad SMARTS) is 1. The van der Waals surface area contributed by atoms with Gasteiger partial charge in [-0.25, -0.2) is 9.78 Å². The van der Waals surface area contributed by atoms with E-state index in [1.165, 1.54) is 0 Å². The molecule has 0 aliphatic carbocycles. The van der Waals surface area contributed by atoms with Gasteiger partial charge in [0.2, 0.25) is 0 Å². The lowest BCUT2D eigenvalue weighted by atomic mass is 10.0. The number of pyridine rings is 1. The Balaban J connectivity index is 2.15. The van der Waals surface area contributed by atoms with Crippen LogP contribution in [0, 0.1) is 0 Å². The summed E-state index contributed by atoms with van der Waals surface area (Å²) in [6.07, 6.45) is 0. The first kappa shape index (κ1) is 15.5. The van der Waals surface area contributed by atoms with Crippen molar-refractivity contribution in [3.63, 3.8) is 0 Å². The molecule has 0 amide bonds. The van der Waals surface area contributed by atoms with Gasteiger partial charge in [0, 0.05) is 21.2 Å². The molecule has 0 bridgehead atoms. The van der Waals surface area contributed by atoms with Gasteiger partial charge in [-0.05, 0) is 36.4 Å². The average molecular weight is 344 g/mol. The SMILES string of the molecule is O=C(O)c1cc(-c2ccc(Cl)cc2)nc(-c2ccc(Cl)cc2)c1. The fourth-order valence-corrected chi connectivity index (χ4v) is 2.44. The van der Waals surface area contributed by atoms with Crippen molar-refractivity contribution in [2.45, 2.75) is 0 Å². The second-order valence-corrected chi connectivity index (χ2v) is 5.82. The molecule has 0 saturated carbocycles. The molecule has 0 fully saturated rings. The van der Waals surface area contributed by atoms with E-state index in [1.807, 2.05) is 24.3 Å². The van der Waals surface area contributed by atoms with Gasteiger partial charge < -0.3 is 5.11 Å². The van der Waals surface area contributed by atoms with Crippen LogP contribution in [0.15, 0.2) is 60.7 Å². The van der Waals surface area contributed by atoms with Crippen LogP contribution in [0.1, 0.15) is 10.4 Å². The van der Waals surface area contributed by atoms with E-state index in [2.05, 4.69) is 4.98 Å². The van der Waals surface area contributed by atoms with Gasteiger partial charge in [-0.2, -0.15) is 0 Å². The van der Waals surface area contributed by atoms with Gasteiger partial charge in [0.1, 0.15) is 0 Å².